The van der Waals surface area contributed by atoms with Crippen LogP contribution in [0, 0.1) is 0 Å². The minimum Gasteiger partial charge on any atom is -0.497 e. The number of aromatic nitrogens is 1. The second-order valence-corrected chi connectivity index (χ2v) is 7.50. The van der Waals surface area contributed by atoms with Gasteiger partial charge in [-0.05, 0) is 30.3 Å². The highest BCUT2D eigenvalue weighted by molar-refractivity contribution is 7.14. The van der Waals surface area contributed by atoms with E-state index in [1.807, 2.05) is 0 Å². The molecular weight excluding hydrogens is 461 g/mol. The number of ether oxygens (including phenoxy) is 3. The first-order valence-electron chi connectivity index (χ1n) is 9.45. The zero-order valence-corrected chi connectivity index (χ0v) is 18.6. The van der Waals surface area contributed by atoms with E-state index >= 15 is 0 Å². The summed E-state index contributed by atoms with van der Waals surface area (Å²) >= 11 is 1.03. The molecule has 0 bridgehead atoms. The van der Waals surface area contributed by atoms with Gasteiger partial charge in [-0.1, -0.05) is 6.07 Å². The summed E-state index contributed by atoms with van der Waals surface area (Å²) in [6, 6.07) is 9.01. The third-order valence-corrected chi connectivity index (χ3v) is 5.33. The molecule has 7 nitrogen and oxygen atoms in total. The maximum absolute atomic E-state index is 13.1. The first kappa shape index (κ1) is 24.1. The molecule has 0 saturated heterocycles. The number of methoxy groups -OCH3 is 2. The summed E-state index contributed by atoms with van der Waals surface area (Å²) in [5.41, 5.74) is -0.347. The number of carbonyl (C=O) groups is 2. The number of carbonyl (C=O) groups excluding carboxylic acids is 2. The molecular formula is C22H19F3N2O5S. The molecule has 0 aliphatic heterocycles. The average Bonchev–Trinajstić information content (AvgIpc) is 3.24. The van der Waals surface area contributed by atoms with E-state index in [9.17, 15) is 22.8 Å². The Hall–Kier alpha value is -3.60. The lowest BCUT2D eigenvalue weighted by atomic mass is 10.2. The number of esters is 1. The maximum Gasteiger partial charge on any atom is 0.416 e. The number of halogens is 3. The Morgan fingerprint density at radius 3 is 2.48 bits per heavy atom. The summed E-state index contributed by atoms with van der Waals surface area (Å²) in [5.74, 6) is -0.405. The lowest BCUT2D eigenvalue weighted by Crippen LogP contribution is -2.23. The topological polar surface area (TPSA) is 78.0 Å². The highest BCUT2D eigenvalue weighted by Crippen LogP contribution is 2.35. The number of hydrogen-bond donors (Lipinski definition) is 0. The van der Waals surface area contributed by atoms with Gasteiger partial charge in [0.25, 0.3) is 0 Å². The summed E-state index contributed by atoms with van der Waals surface area (Å²) in [7, 11) is 2.89. The fraction of sp³-hybridized carbons (Fsp3) is 0.227. The SMILES string of the molecule is COc1ccc(C(=O)OCc2csc(N(C(C)=O)c3cccc(C(F)(F)F)c3)n2)c(OC)c1. The molecule has 1 amide bonds. The van der Waals surface area contributed by atoms with E-state index in [4.69, 9.17) is 14.2 Å². The predicted molar refractivity (Wildman–Crippen MR) is 115 cm³/mol. The zero-order valence-electron chi connectivity index (χ0n) is 17.8. The molecule has 3 rings (SSSR count). The minimum absolute atomic E-state index is 0.0261. The fourth-order valence-corrected chi connectivity index (χ4v) is 3.77. The van der Waals surface area contributed by atoms with Gasteiger partial charge < -0.3 is 14.2 Å². The number of hydrogen-bond acceptors (Lipinski definition) is 7. The smallest absolute Gasteiger partial charge is 0.416 e. The summed E-state index contributed by atoms with van der Waals surface area (Å²) in [6.45, 7) is 1.01. The van der Waals surface area contributed by atoms with Crippen LogP contribution in [0.1, 0.15) is 28.5 Å². The third kappa shape index (κ3) is 5.61. The maximum atomic E-state index is 13.1. The second kappa shape index (κ2) is 9.90. The first-order chi connectivity index (χ1) is 15.6. The Bertz CT molecular complexity index is 1160. The Balaban J connectivity index is 1.77. The van der Waals surface area contributed by atoms with Crippen molar-refractivity contribution in [3.8, 4) is 11.5 Å². The van der Waals surface area contributed by atoms with Crippen LogP contribution in [0.3, 0.4) is 0 Å². The molecule has 0 saturated carbocycles. The van der Waals surface area contributed by atoms with E-state index in [1.165, 1.54) is 45.4 Å². The number of nitrogens with zero attached hydrogens (tertiary/aromatic N) is 2. The number of rotatable bonds is 7. The van der Waals surface area contributed by atoms with Gasteiger partial charge in [0.05, 0.1) is 31.2 Å². The molecule has 2 aromatic carbocycles. The normalized spacial score (nSPS) is 11.1. The van der Waals surface area contributed by atoms with Gasteiger partial charge >= 0.3 is 12.1 Å². The zero-order chi connectivity index (χ0) is 24.2. The third-order valence-electron chi connectivity index (χ3n) is 4.46. The van der Waals surface area contributed by atoms with Gasteiger partial charge in [0, 0.05) is 18.4 Å². The number of benzene rings is 2. The highest BCUT2D eigenvalue weighted by Gasteiger charge is 2.31. The predicted octanol–water partition coefficient (Wildman–Crippen LogP) is 5.22. The number of alkyl halides is 3. The molecule has 0 radical (unpaired) electrons. The van der Waals surface area contributed by atoms with Gasteiger partial charge in [-0.15, -0.1) is 11.3 Å². The van der Waals surface area contributed by atoms with Crippen molar-refractivity contribution in [3.63, 3.8) is 0 Å². The van der Waals surface area contributed by atoms with Gasteiger partial charge in [-0.3, -0.25) is 9.69 Å². The lowest BCUT2D eigenvalue weighted by molar-refractivity contribution is -0.137. The molecule has 1 aromatic heterocycles. The van der Waals surface area contributed by atoms with E-state index in [0.717, 1.165) is 28.4 Å². The van der Waals surface area contributed by atoms with Crippen molar-refractivity contribution in [2.75, 3.05) is 19.1 Å². The van der Waals surface area contributed by atoms with Crippen LogP contribution in [0.25, 0.3) is 0 Å². The largest absolute Gasteiger partial charge is 0.497 e. The van der Waals surface area contributed by atoms with Crippen LogP contribution in [-0.4, -0.2) is 31.1 Å². The first-order valence-corrected chi connectivity index (χ1v) is 10.3. The summed E-state index contributed by atoms with van der Waals surface area (Å²) in [6.07, 6.45) is -4.55. The average molecular weight is 480 g/mol. The molecule has 0 spiro atoms. The van der Waals surface area contributed by atoms with Crippen LogP contribution >= 0.6 is 11.3 Å². The van der Waals surface area contributed by atoms with Gasteiger partial charge in [0.15, 0.2) is 5.13 Å². The minimum atomic E-state index is -4.55. The van der Waals surface area contributed by atoms with Gasteiger partial charge in [-0.2, -0.15) is 13.2 Å². The lowest BCUT2D eigenvalue weighted by Gasteiger charge is -2.19. The Labute approximate surface area is 191 Å². The second-order valence-electron chi connectivity index (χ2n) is 6.67. The molecule has 1 heterocycles. The fourth-order valence-electron chi connectivity index (χ4n) is 2.90. The van der Waals surface area contributed by atoms with Gasteiger partial charge in [0.2, 0.25) is 5.91 Å². The van der Waals surface area contributed by atoms with Crippen molar-refractivity contribution in [1.82, 2.24) is 4.98 Å². The molecule has 11 heteroatoms. The van der Waals surface area contributed by atoms with Crippen LogP contribution in [0.4, 0.5) is 24.0 Å². The van der Waals surface area contributed by atoms with Crippen molar-refractivity contribution in [1.29, 1.82) is 0 Å². The monoisotopic (exact) mass is 480 g/mol. The van der Waals surface area contributed by atoms with Crippen molar-refractivity contribution in [3.05, 3.63) is 64.7 Å². The molecule has 33 heavy (non-hydrogen) atoms. The van der Waals surface area contributed by atoms with Crippen LogP contribution in [-0.2, 0) is 22.3 Å². The van der Waals surface area contributed by atoms with Crippen molar-refractivity contribution in [2.24, 2.45) is 0 Å². The summed E-state index contributed by atoms with van der Waals surface area (Å²) in [5, 5.41) is 1.70. The molecule has 0 N–H and O–H groups in total. The highest BCUT2D eigenvalue weighted by atomic mass is 32.1. The summed E-state index contributed by atoms with van der Waals surface area (Å²) < 4.78 is 54.8. The standard InChI is InChI=1S/C22H19F3N2O5S/c1-13(28)27(16-6-4-5-14(9-16)22(23,24)25)21-26-15(12-33-21)11-32-20(29)18-8-7-17(30-2)10-19(18)31-3/h4-10,12H,11H2,1-3H3. The Kier molecular flexibility index (Phi) is 7.22. The quantitative estimate of drug-likeness (QED) is 0.432. The van der Waals surface area contributed by atoms with Crippen LogP contribution in [0.5, 0.6) is 11.5 Å². The van der Waals surface area contributed by atoms with Crippen LogP contribution < -0.4 is 14.4 Å². The van der Waals surface area contributed by atoms with Crippen molar-refractivity contribution >= 4 is 34.0 Å². The molecule has 0 fully saturated rings. The Morgan fingerprint density at radius 1 is 1.09 bits per heavy atom. The van der Waals surface area contributed by atoms with E-state index in [1.54, 1.807) is 11.4 Å². The molecule has 0 aliphatic rings. The van der Waals surface area contributed by atoms with Crippen molar-refractivity contribution in [2.45, 2.75) is 19.7 Å². The van der Waals surface area contributed by atoms with Crippen molar-refractivity contribution < 1.29 is 37.0 Å². The molecule has 174 valence electrons. The Morgan fingerprint density at radius 2 is 1.85 bits per heavy atom. The number of anilines is 2. The van der Waals surface area contributed by atoms with Gasteiger partial charge in [0.1, 0.15) is 23.7 Å². The van der Waals surface area contributed by atoms with Crippen LogP contribution in [0.2, 0.25) is 0 Å². The van der Waals surface area contributed by atoms with E-state index in [-0.39, 0.29) is 28.7 Å². The van der Waals surface area contributed by atoms with E-state index in [0.29, 0.717) is 11.4 Å². The molecule has 0 atom stereocenters. The summed E-state index contributed by atoms with van der Waals surface area (Å²) in [4.78, 5) is 30.0. The molecule has 0 unspecified atom stereocenters. The number of amides is 1. The van der Waals surface area contributed by atoms with E-state index < -0.39 is 23.6 Å². The van der Waals surface area contributed by atoms with Crippen LogP contribution in [0.15, 0.2) is 47.8 Å². The van der Waals surface area contributed by atoms with E-state index in [2.05, 4.69) is 4.98 Å². The molecule has 3 aromatic rings. The van der Waals surface area contributed by atoms with Gasteiger partial charge in [-0.25, -0.2) is 9.78 Å². The number of thiazole rings is 1. The molecule has 0 aliphatic carbocycles.